The molecule has 10 heteroatoms. The van der Waals surface area contributed by atoms with Gasteiger partial charge in [0.05, 0.1) is 16.5 Å². The number of sulfonamides is 1. The number of benzene rings is 3. The second-order valence-electron chi connectivity index (χ2n) is 11.1. The van der Waals surface area contributed by atoms with Crippen molar-refractivity contribution in [3.8, 4) is 11.1 Å². The maximum absolute atomic E-state index is 13.1. The lowest BCUT2D eigenvalue weighted by Crippen LogP contribution is -2.46. The Morgan fingerprint density at radius 3 is 2.00 bits per heavy atom. The molecule has 3 aromatic carbocycles. The molecule has 9 nitrogen and oxygen atoms in total. The predicted molar refractivity (Wildman–Crippen MR) is 161 cm³/mol. The van der Waals surface area contributed by atoms with E-state index in [0.29, 0.717) is 25.7 Å². The first kappa shape index (κ1) is 31.1. The van der Waals surface area contributed by atoms with Gasteiger partial charge in [-0.1, -0.05) is 66.7 Å². The van der Waals surface area contributed by atoms with Gasteiger partial charge in [0.15, 0.2) is 0 Å². The molecule has 222 valence electrons. The lowest BCUT2D eigenvalue weighted by atomic mass is 9.84. The number of hydrogen-bond acceptors (Lipinski definition) is 6. The zero-order valence-electron chi connectivity index (χ0n) is 23.7. The first-order valence-corrected chi connectivity index (χ1v) is 15.4. The third-order valence-corrected chi connectivity index (χ3v) is 9.03. The first-order chi connectivity index (χ1) is 20.0. The lowest BCUT2D eigenvalue weighted by molar-refractivity contribution is -0.129. The molecule has 0 bridgehead atoms. The number of hydrogen-bond donors (Lipinski definition) is 5. The van der Waals surface area contributed by atoms with E-state index in [1.807, 2.05) is 54.6 Å². The largest absolute Gasteiger partial charge is 0.388 e. The Balaban J connectivity index is 1.32. The Labute approximate surface area is 246 Å². The molecule has 1 aliphatic rings. The van der Waals surface area contributed by atoms with Crippen molar-refractivity contribution in [2.45, 2.75) is 62.1 Å². The molecular formula is C32H37N3O6S. The van der Waals surface area contributed by atoms with Crippen molar-refractivity contribution in [2.75, 3.05) is 0 Å². The van der Waals surface area contributed by atoms with Gasteiger partial charge in [-0.3, -0.25) is 14.8 Å². The van der Waals surface area contributed by atoms with Crippen molar-refractivity contribution in [1.82, 2.24) is 15.5 Å². The Bertz CT molecular complexity index is 1490. The van der Waals surface area contributed by atoms with Gasteiger partial charge in [0.1, 0.15) is 0 Å². The van der Waals surface area contributed by atoms with Crippen molar-refractivity contribution in [1.29, 1.82) is 0 Å². The molecule has 0 aliphatic heterocycles. The number of hydroxylamine groups is 1. The van der Waals surface area contributed by atoms with Gasteiger partial charge in [-0.25, -0.2) is 18.6 Å². The van der Waals surface area contributed by atoms with Crippen molar-refractivity contribution in [2.24, 2.45) is 5.92 Å². The molecule has 1 saturated carbocycles. The zero-order valence-corrected chi connectivity index (χ0v) is 24.5. The third kappa shape index (κ3) is 8.13. The van der Waals surface area contributed by atoms with Crippen LogP contribution in [-0.4, -0.2) is 42.2 Å². The molecule has 0 spiro atoms. The lowest BCUT2D eigenvalue weighted by Gasteiger charge is -2.34. The summed E-state index contributed by atoms with van der Waals surface area (Å²) in [6.45, 7) is 3.34. The molecule has 0 saturated heterocycles. The number of amides is 2. The Hall–Kier alpha value is -3.83. The topological polar surface area (TPSA) is 145 Å². The molecular weight excluding hydrogens is 554 g/mol. The highest BCUT2D eigenvalue weighted by atomic mass is 32.2. The predicted octanol–water partition coefficient (Wildman–Crippen LogP) is 4.34. The van der Waals surface area contributed by atoms with E-state index in [-0.39, 0.29) is 22.8 Å². The van der Waals surface area contributed by atoms with Gasteiger partial charge in [0.25, 0.3) is 5.91 Å². The summed E-state index contributed by atoms with van der Waals surface area (Å²) in [4.78, 5) is 24.4. The summed E-state index contributed by atoms with van der Waals surface area (Å²) in [5.74, 6) is -1.02. The van der Waals surface area contributed by atoms with E-state index in [9.17, 15) is 23.1 Å². The summed E-state index contributed by atoms with van der Waals surface area (Å²) in [6.07, 6.45) is 4.93. The SMILES string of the molecule is CC(C)(O)C(NC(=O)C1CCC(NS(=O)(=O)c2ccc(-c3ccc(/C=C/C(=O)NO)cc3)cc2)CC1)c1ccccc1. The van der Waals surface area contributed by atoms with E-state index in [2.05, 4.69) is 10.0 Å². The van der Waals surface area contributed by atoms with Crippen LogP contribution in [0, 0.1) is 5.92 Å². The standard InChI is InChI=1S/C32H37N3O6S/c1-32(2,38)30(25-6-4-3-5-7-25)33-31(37)26-13-17-27(18-14-26)35-42(40,41)28-19-15-24(16-20-28)23-11-8-22(9-12-23)10-21-29(36)34-39/h3-12,15-16,19-21,26-27,30,35,38-39H,13-14,17-18H2,1-2H3,(H,33,37)(H,34,36)/b21-10+. The number of carbonyl (C=O) groups excluding carboxylic acids is 2. The van der Waals surface area contributed by atoms with E-state index in [1.54, 1.807) is 44.2 Å². The molecule has 1 unspecified atom stereocenters. The van der Waals surface area contributed by atoms with Gasteiger partial charge in [0.2, 0.25) is 15.9 Å². The zero-order chi connectivity index (χ0) is 30.3. The van der Waals surface area contributed by atoms with Crippen LogP contribution in [0.15, 0.2) is 89.8 Å². The summed E-state index contributed by atoms with van der Waals surface area (Å²) in [5.41, 5.74) is 3.69. The van der Waals surface area contributed by atoms with Crippen molar-refractivity contribution < 1.29 is 28.3 Å². The first-order valence-electron chi connectivity index (χ1n) is 13.9. The van der Waals surface area contributed by atoms with Crippen LogP contribution in [0.4, 0.5) is 0 Å². The van der Waals surface area contributed by atoms with Crippen LogP contribution in [0.1, 0.15) is 56.7 Å². The van der Waals surface area contributed by atoms with Crippen LogP contribution in [-0.2, 0) is 19.6 Å². The van der Waals surface area contributed by atoms with Gasteiger partial charge in [0, 0.05) is 18.0 Å². The third-order valence-electron chi connectivity index (χ3n) is 7.49. The Morgan fingerprint density at radius 1 is 0.881 bits per heavy atom. The highest BCUT2D eigenvalue weighted by Gasteiger charge is 2.34. The average molecular weight is 592 g/mol. The van der Waals surface area contributed by atoms with Gasteiger partial charge < -0.3 is 10.4 Å². The summed E-state index contributed by atoms with van der Waals surface area (Å²) < 4.78 is 29.0. The Kier molecular flexibility index (Phi) is 9.95. The van der Waals surface area contributed by atoms with Crippen molar-refractivity contribution >= 4 is 27.9 Å². The maximum Gasteiger partial charge on any atom is 0.267 e. The fourth-order valence-corrected chi connectivity index (χ4v) is 6.46. The van der Waals surface area contributed by atoms with Crippen LogP contribution in [0.3, 0.4) is 0 Å². The summed E-state index contributed by atoms with van der Waals surface area (Å²) in [5, 5.41) is 22.3. The fourth-order valence-electron chi connectivity index (χ4n) is 5.16. The van der Waals surface area contributed by atoms with Gasteiger partial charge in [-0.2, -0.15) is 0 Å². The van der Waals surface area contributed by atoms with E-state index < -0.39 is 27.6 Å². The highest BCUT2D eigenvalue weighted by molar-refractivity contribution is 7.89. The molecule has 1 atom stereocenters. The number of carbonyl (C=O) groups is 2. The van der Waals surface area contributed by atoms with Gasteiger partial charge in [-0.05, 0) is 80.0 Å². The number of nitrogens with one attached hydrogen (secondary N) is 3. The van der Waals surface area contributed by atoms with Crippen molar-refractivity contribution in [3.63, 3.8) is 0 Å². The Morgan fingerprint density at radius 2 is 1.45 bits per heavy atom. The minimum atomic E-state index is -3.75. The average Bonchev–Trinajstić information content (AvgIpc) is 2.99. The molecule has 1 aliphatic carbocycles. The van der Waals surface area contributed by atoms with Gasteiger partial charge >= 0.3 is 0 Å². The normalized spacial score (nSPS) is 18.4. The second-order valence-corrected chi connectivity index (χ2v) is 12.8. The molecule has 1 fully saturated rings. The molecule has 42 heavy (non-hydrogen) atoms. The smallest absolute Gasteiger partial charge is 0.267 e. The molecule has 4 rings (SSSR count). The van der Waals surface area contributed by atoms with E-state index >= 15 is 0 Å². The van der Waals surface area contributed by atoms with Crippen molar-refractivity contribution in [3.05, 3.63) is 96.1 Å². The second kappa shape index (κ2) is 13.4. The molecule has 2 amide bonds. The van der Waals surface area contributed by atoms with Crippen LogP contribution in [0.2, 0.25) is 0 Å². The molecule has 0 heterocycles. The van der Waals surface area contributed by atoms with Crippen LogP contribution >= 0.6 is 0 Å². The van der Waals surface area contributed by atoms with E-state index in [1.165, 1.54) is 11.6 Å². The fraction of sp³-hybridized carbons (Fsp3) is 0.312. The van der Waals surface area contributed by atoms with E-state index in [4.69, 9.17) is 5.21 Å². The van der Waals surface area contributed by atoms with Gasteiger partial charge in [-0.15, -0.1) is 0 Å². The number of aliphatic hydroxyl groups is 1. The minimum absolute atomic E-state index is 0.136. The summed E-state index contributed by atoms with van der Waals surface area (Å²) in [6, 6.07) is 22.5. The van der Waals surface area contributed by atoms with Crippen LogP contribution < -0.4 is 15.5 Å². The highest BCUT2D eigenvalue weighted by Crippen LogP contribution is 2.30. The van der Waals surface area contributed by atoms with Crippen LogP contribution in [0.25, 0.3) is 17.2 Å². The van der Waals surface area contributed by atoms with Crippen LogP contribution in [0.5, 0.6) is 0 Å². The summed E-state index contributed by atoms with van der Waals surface area (Å²) >= 11 is 0. The quantitative estimate of drug-likeness (QED) is 0.135. The molecule has 5 N–H and O–H groups in total. The monoisotopic (exact) mass is 591 g/mol. The van der Waals surface area contributed by atoms with E-state index in [0.717, 1.165) is 22.3 Å². The summed E-state index contributed by atoms with van der Waals surface area (Å²) in [7, 11) is -3.75. The molecule has 3 aromatic rings. The molecule has 0 aromatic heterocycles. The number of rotatable bonds is 10. The molecule has 0 radical (unpaired) electrons. The minimum Gasteiger partial charge on any atom is -0.388 e. The maximum atomic E-state index is 13.1.